The van der Waals surface area contributed by atoms with Gasteiger partial charge in [0.1, 0.15) is 0 Å². The molecule has 5 nitrogen and oxygen atoms in total. The fraction of sp³-hybridized carbons (Fsp3) is 0.233. The maximum atomic E-state index is 6.28. The number of piperidine rings is 1. The maximum Gasteiger partial charge on any atom is 0.223 e. The fourth-order valence-corrected chi connectivity index (χ4v) is 5.45. The molecule has 0 radical (unpaired) electrons. The predicted molar refractivity (Wildman–Crippen MR) is 153 cm³/mol. The number of aromatic nitrogens is 3. The van der Waals surface area contributed by atoms with E-state index in [1.807, 2.05) is 42.6 Å². The van der Waals surface area contributed by atoms with Gasteiger partial charge in [-0.15, -0.1) is 0 Å². The van der Waals surface area contributed by atoms with Gasteiger partial charge in [0.2, 0.25) is 5.95 Å². The van der Waals surface area contributed by atoms with Crippen LogP contribution in [0.25, 0.3) is 32.9 Å². The number of nitrogens with one attached hydrogen (secondary N) is 1. The molecule has 2 aromatic heterocycles. The quantitative estimate of drug-likeness (QED) is 0.256. The molecule has 186 valence electrons. The highest BCUT2D eigenvalue weighted by Gasteiger charge is 2.20. The molecule has 1 N–H and O–H groups in total. The summed E-state index contributed by atoms with van der Waals surface area (Å²) in [6.07, 6.45) is 3.96. The number of benzene rings is 3. The number of likely N-dealkylation sites (tertiary alicyclic amines) is 1. The maximum absolute atomic E-state index is 6.28. The van der Waals surface area contributed by atoms with Crippen LogP contribution >= 0.6 is 23.2 Å². The minimum absolute atomic E-state index is 0.366. The number of fused-ring (bicyclic) bond motifs is 2. The summed E-state index contributed by atoms with van der Waals surface area (Å²) in [5.41, 5.74) is 6.32. The Hall–Kier alpha value is -3.25. The van der Waals surface area contributed by atoms with E-state index in [9.17, 15) is 0 Å². The van der Waals surface area contributed by atoms with Crippen LogP contribution in [-0.4, -0.2) is 39.0 Å². The van der Waals surface area contributed by atoms with E-state index in [1.165, 1.54) is 5.56 Å². The van der Waals surface area contributed by atoms with Crippen molar-refractivity contribution in [1.82, 2.24) is 19.9 Å². The zero-order valence-electron chi connectivity index (χ0n) is 20.6. The largest absolute Gasteiger partial charge is 0.351 e. The van der Waals surface area contributed by atoms with Crippen LogP contribution in [0.2, 0.25) is 10.0 Å². The molecule has 0 unspecified atom stereocenters. The highest BCUT2D eigenvalue weighted by atomic mass is 35.5. The van der Waals surface area contributed by atoms with E-state index in [0.29, 0.717) is 17.0 Å². The monoisotopic (exact) mass is 527 g/mol. The summed E-state index contributed by atoms with van der Waals surface area (Å²) in [5, 5.41) is 7.16. The molecule has 0 spiro atoms. The van der Waals surface area contributed by atoms with Crippen molar-refractivity contribution < 1.29 is 0 Å². The van der Waals surface area contributed by atoms with Crippen LogP contribution in [0.1, 0.15) is 24.1 Å². The van der Waals surface area contributed by atoms with Crippen LogP contribution in [0, 0.1) is 6.92 Å². The molecule has 0 aliphatic carbocycles. The first-order valence-corrected chi connectivity index (χ1v) is 13.3. The topological polar surface area (TPSA) is 53.9 Å². The second-order valence-electron chi connectivity index (χ2n) is 9.71. The van der Waals surface area contributed by atoms with Crippen LogP contribution in [0.4, 0.5) is 5.95 Å². The normalized spacial score (nSPS) is 14.9. The van der Waals surface area contributed by atoms with Gasteiger partial charge < -0.3 is 5.32 Å². The minimum Gasteiger partial charge on any atom is -0.351 e. The Morgan fingerprint density at radius 1 is 0.838 bits per heavy atom. The number of pyridine rings is 1. The summed E-state index contributed by atoms with van der Waals surface area (Å²) in [6.45, 7) is 5.09. The molecule has 1 saturated heterocycles. The first kappa shape index (κ1) is 24.1. The van der Waals surface area contributed by atoms with Crippen LogP contribution in [0.5, 0.6) is 0 Å². The molecule has 5 aromatic rings. The summed E-state index contributed by atoms with van der Waals surface area (Å²) in [6, 6.07) is 22.7. The highest BCUT2D eigenvalue weighted by molar-refractivity contribution is 6.31. The smallest absolute Gasteiger partial charge is 0.223 e. The van der Waals surface area contributed by atoms with Crippen molar-refractivity contribution in [3.63, 3.8) is 0 Å². The Kier molecular flexibility index (Phi) is 6.68. The van der Waals surface area contributed by atoms with E-state index in [-0.39, 0.29) is 0 Å². The Morgan fingerprint density at radius 3 is 2.41 bits per heavy atom. The van der Waals surface area contributed by atoms with E-state index in [0.717, 1.165) is 76.1 Å². The first-order chi connectivity index (χ1) is 18.0. The third-order valence-electron chi connectivity index (χ3n) is 7.14. The Labute approximate surface area is 226 Å². The van der Waals surface area contributed by atoms with Gasteiger partial charge in [0.05, 0.1) is 16.7 Å². The molecule has 3 aromatic carbocycles. The highest BCUT2D eigenvalue weighted by Crippen LogP contribution is 2.32. The molecule has 7 heteroatoms. The van der Waals surface area contributed by atoms with Crippen molar-refractivity contribution in [2.75, 3.05) is 18.4 Å². The molecule has 0 amide bonds. The molecule has 1 aliphatic heterocycles. The zero-order chi connectivity index (χ0) is 25.4. The summed E-state index contributed by atoms with van der Waals surface area (Å²) in [4.78, 5) is 16.7. The van der Waals surface area contributed by atoms with E-state index < -0.39 is 0 Å². The third kappa shape index (κ3) is 5.26. The number of rotatable bonds is 5. The van der Waals surface area contributed by atoms with Crippen LogP contribution < -0.4 is 5.32 Å². The number of aryl methyl sites for hydroxylation is 1. The number of hydrogen-bond acceptors (Lipinski definition) is 5. The van der Waals surface area contributed by atoms with Gasteiger partial charge in [0.15, 0.2) is 0 Å². The van der Waals surface area contributed by atoms with Gasteiger partial charge in [-0.1, -0.05) is 41.4 Å². The van der Waals surface area contributed by atoms with Crippen LogP contribution in [-0.2, 0) is 6.54 Å². The third-order valence-corrected chi connectivity index (χ3v) is 7.63. The Balaban J connectivity index is 1.17. The minimum atomic E-state index is 0.366. The van der Waals surface area contributed by atoms with E-state index >= 15 is 0 Å². The van der Waals surface area contributed by atoms with Gasteiger partial charge in [-0.2, -0.15) is 0 Å². The van der Waals surface area contributed by atoms with Crippen molar-refractivity contribution in [2.24, 2.45) is 0 Å². The summed E-state index contributed by atoms with van der Waals surface area (Å²) >= 11 is 12.3. The average Bonchev–Trinajstić information content (AvgIpc) is 2.91. The number of anilines is 1. The molecule has 3 heterocycles. The predicted octanol–water partition coefficient (Wildman–Crippen LogP) is 7.54. The van der Waals surface area contributed by atoms with Crippen molar-refractivity contribution in [3.05, 3.63) is 94.2 Å². The van der Waals surface area contributed by atoms with Gasteiger partial charge in [-0.25, -0.2) is 9.97 Å². The van der Waals surface area contributed by atoms with E-state index in [2.05, 4.69) is 52.5 Å². The molecule has 6 rings (SSSR count). The standard InChI is InChI=1S/C30H27Cl2N5/c1-19-26-16-21(25-10-13-33-28-9-7-23(32)17-27(25)28)4-8-29(26)36-30(34-19)35-24-11-14-37(15-12-24)18-20-2-5-22(31)6-3-20/h2-10,13,16-17,24H,11-12,14-15,18H2,1H3,(H,34,35,36). The van der Waals surface area contributed by atoms with Crippen molar-refractivity contribution in [2.45, 2.75) is 32.4 Å². The van der Waals surface area contributed by atoms with E-state index in [4.69, 9.17) is 33.2 Å². The Bertz CT molecular complexity index is 1580. The zero-order valence-corrected chi connectivity index (χ0v) is 22.1. The number of nitrogens with zero attached hydrogens (tertiary/aromatic N) is 4. The molecular weight excluding hydrogens is 501 g/mol. The molecule has 0 atom stereocenters. The van der Waals surface area contributed by atoms with Gasteiger partial charge in [0, 0.05) is 52.7 Å². The summed E-state index contributed by atoms with van der Waals surface area (Å²) in [7, 11) is 0. The number of hydrogen-bond donors (Lipinski definition) is 1. The lowest BCUT2D eigenvalue weighted by Crippen LogP contribution is -2.39. The van der Waals surface area contributed by atoms with Gasteiger partial charge >= 0.3 is 0 Å². The van der Waals surface area contributed by atoms with Gasteiger partial charge in [0.25, 0.3) is 0 Å². The lowest BCUT2D eigenvalue weighted by molar-refractivity contribution is 0.211. The first-order valence-electron chi connectivity index (χ1n) is 12.6. The fourth-order valence-electron chi connectivity index (χ4n) is 5.15. The molecular formula is C30H27Cl2N5. The van der Waals surface area contributed by atoms with Crippen molar-refractivity contribution >= 4 is 51.0 Å². The van der Waals surface area contributed by atoms with Gasteiger partial charge in [-0.05, 0) is 85.0 Å². The lowest BCUT2D eigenvalue weighted by atomic mass is 9.99. The lowest BCUT2D eigenvalue weighted by Gasteiger charge is -2.32. The van der Waals surface area contributed by atoms with Crippen molar-refractivity contribution in [3.8, 4) is 11.1 Å². The SMILES string of the molecule is Cc1nc(NC2CCN(Cc3ccc(Cl)cc3)CC2)nc2ccc(-c3ccnc4ccc(Cl)cc34)cc12. The van der Waals surface area contributed by atoms with Gasteiger partial charge in [-0.3, -0.25) is 9.88 Å². The molecule has 1 fully saturated rings. The average molecular weight is 528 g/mol. The molecule has 1 aliphatic rings. The van der Waals surface area contributed by atoms with Crippen LogP contribution in [0.3, 0.4) is 0 Å². The molecule has 0 bridgehead atoms. The van der Waals surface area contributed by atoms with E-state index in [1.54, 1.807) is 0 Å². The number of halogens is 2. The Morgan fingerprint density at radius 2 is 1.59 bits per heavy atom. The second-order valence-corrected chi connectivity index (χ2v) is 10.6. The molecule has 0 saturated carbocycles. The van der Waals surface area contributed by atoms with Crippen molar-refractivity contribution in [1.29, 1.82) is 0 Å². The van der Waals surface area contributed by atoms with Crippen LogP contribution in [0.15, 0.2) is 72.9 Å². The summed E-state index contributed by atoms with van der Waals surface area (Å²) in [5.74, 6) is 0.704. The molecule has 37 heavy (non-hydrogen) atoms. The second kappa shape index (κ2) is 10.3. The summed E-state index contributed by atoms with van der Waals surface area (Å²) < 4.78 is 0.